The molecular weight excluding hydrogens is 299 g/mol. The third-order valence-electron chi connectivity index (χ3n) is 2.53. The number of halogens is 2. The number of carbonyl (C=O) groups is 1. The van der Waals surface area contributed by atoms with Crippen LogP contribution in [0.4, 0.5) is 11.5 Å². The van der Waals surface area contributed by atoms with Crippen LogP contribution in [0.1, 0.15) is 10.4 Å². The minimum Gasteiger partial charge on any atom is -0.361 e. The molecule has 5 nitrogen and oxygen atoms in total. The van der Waals surface area contributed by atoms with E-state index in [1.54, 1.807) is 23.2 Å². The fraction of sp³-hybridized carbons (Fsp3) is 0.154. The molecular formula is C13H12Cl2N4O. The quantitative estimate of drug-likeness (QED) is 0.885. The molecule has 1 amide bonds. The summed E-state index contributed by atoms with van der Waals surface area (Å²) in [5, 5.41) is 3.21. The van der Waals surface area contributed by atoms with E-state index >= 15 is 0 Å². The first-order valence-corrected chi connectivity index (χ1v) is 6.49. The Bertz CT molecular complexity index is 646. The van der Waals surface area contributed by atoms with Crippen molar-refractivity contribution in [3.05, 3.63) is 46.3 Å². The Morgan fingerprint density at radius 3 is 2.75 bits per heavy atom. The van der Waals surface area contributed by atoms with Crippen molar-refractivity contribution in [3.63, 3.8) is 0 Å². The first kappa shape index (κ1) is 14.6. The molecule has 0 unspecified atom stereocenters. The monoisotopic (exact) mass is 310 g/mol. The number of anilines is 2. The van der Waals surface area contributed by atoms with E-state index in [4.69, 9.17) is 23.2 Å². The first-order chi connectivity index (χ1) is 9.49. The molecule has 2 rings (SSSR count). The summed E-state index contributed by atoms with van der Waals surface area (Å²) in [4.78, 5) is 22.0. The van der Waals surface area contributed by atoms with Crippen LogP contribution in [0.5, 0.6) is 0 Å². The second-order valence-corrected chi connectivity index (χ2v) is 5.00. The van der Waals surface area contributed by atoms with Crippen molar-refractivity contribution < 1.29 is 4.79 Å². The summed E-state index contributed by atoms with van der Waals surface area (Å²) in [5.41, 5.74) is 0.853. The smallest absolute Gasteiger partial charge is 0.257 e. The lowest BCUT2D eigenvalue weighted by atomic mass is 10.2. The van der Waals surface area contributed by atoms with Crippen LogP contribution in [-0.2, 0) is 0 Å². The maximum Gasteiger partial charge on any atom is 0.257 e. The molecule has 0 radical (unpaired) electrons. The molecule has 0 aliphatic carbocycles. The van der Waals surface area contributed by atoms with Crippen molar-refractivity contribution in [1.82, 2.24) is 9.97 Å². The summed E-state index contributed by atoms with van der Waals surface area (Å²) >= 11 is 11.7. The highest BCUT2D eigenvalue weighted by Crippen LogP contribution is 2.23. The molecule has 0 atom stereocenters. The summed E-state index contributed by atoms with van der Waals surface area (Å²) in [5.74, 6) is 0.285. The number of aromatic nitrogens is 2. The molecule has 0 aliphatic heterocycles. The molecule has 1 N–H and O–H groups in total. The van der Waals surface area contributed by atoms with Crippen LogP contribution in [0, 0.1) is 0 Å². The third-order valence-corrected chi connectivity index (χ3v) is 3.03. The van der Waals surface area contributed by atoms with Gasteiger partial charge in [0, 0.05) is 26.5 Å². The van der Waals surface area contributed by atoms with Crippen molar-refractivity contribution >= 4 is 40.6 Å². The van der Waals surface area contributed by atoms with Crippen LogP contribution in [0.15, 0.2) is 30.6 Å². The standard InChI is InChI=1S/C13H12Cl2N4O/c1-19(2)12-10(4-3-5-16-12)18-13(20)8-6-11(15)17-7-9(8)14/h3-7H,1-2H3,(H,18,20). The summed E-state index contributed by atoms with van der Waals surface area (Å²) in [6, 6.07) is 4.92. The number of hydrogen-bond donors (Lipinski definition) is 1. The van der Waals surface area contributed by atoms with Gasteiger partial charge in [0.25, 0.3) is 5.91 Å². The Morgan fingerprint density at radius 1 is 1.30 bits per heavy atom. The van der Waals surface area contributed by atoms with E-state index in [1.807, 2.05) is 14.1 Å². The van der Waals surface area contributed by atoms with Gasteiger partial charge in [-0.05, 0) is 18.2 Å². The van der Waals surface area contributed by atoms with Gasteiger partial charge in [-0.3, -0.25) is 4.79 Å². The van der Waals surface area contributed by atoms with Gasteiger partial charge >= 0.3 is 0 Å². The zero-order valence-electron chi connectivity index (χ0n) is 10.9. The van der Waals surface area contributed by atoms with E-state index in [2.05, 4.69) is 15.3 Å². The van der Waals surface area contributed by atoms with E-state index in [9.17, 15) is 4.79 Å². The van der Waals surface area contributed by atoms with Crippen LogP contribution < -0.4 is 10.2 Å². The number of amides is 1. The van der Waals surface area contributed by atoms with Crippen molar-refractivity contribution in [2.24, 2.45) is 0 Å². The van der Waals surface area contributed by atoms with E-state index in [1.165, 1.54) is 12.3 Å². The highest BCUT2D eigenvalue weighted by Gasteiger charge is 2.14. The summed E-state index contributed by atoms with van der Waals surface area (Å²) in [6.07, 6.45) is 3.00. The van der Waals surface area contributed by atoms with Gasteiger partial charge in [0.2, 0.25) is 0 Å². The summed E-state index contributed by atoms with van der Waals surface area (Å²) in [7, 11) is 3.68. The molecule has 2 heterocycles. The Balaban J connectivity index is 2.31. The lowest BCUT2D eigenvalue weighted by Crippen LogP contribution is -2.18. The van der Waals surface area contributed by atoms with E-state index in [0.29, 0.717) is 11.5 Å². The molecule has 20 heavy (non-hydrogen) atoms. The molecule has 0 aromatic carbocycles. The van der Waals surface area contributed by atoms with Crippen LogP contribution in [0.3, 0.4) is 0 Å². The average molecular weight is 311 g/mol. The molecule has 0 saturated heterocycles. The van der Waals surface area contributed by atoms with Gasteiger partial charge in [-0.2, -0.15) is 0 Å². The number of nitrogens with zero attached hydrogens (tertiary/aromatic N) is 3. The Labute approximate surface area is 126 Å². The Morgan fingerprint density at radius 2 is 2.05 bits per heavy atom. The highest BCUT2D eigenvalue weighted by molar-refractivity contribution is 6.35. The number of rotatable bonds is 3. The minimum absolute atomic E-state index is 0.207. The lowest BCUT2D eigenvalue weighted by Gasteiger charge is -2.16. The molecule has 0 aliphatic rings. The largest absolute Gasteiger partial charge is 0.361 e. The average Bonchev–Trinajstić information content (AvgIpc) is 2.41. The summed E-state index contributed by atoms with van der Waals surface area (Å²) < 4.78 is 0. The normalized spacial score (nSPS) is 10.2. The van der Waals surface area contributed by atoms with Crippen LogP contribution >= 0.6 is 23.2 Å². The van der Waals surface area contributed by atoms with Crippen molar-refractivity contribution in [2.45, 2.75) is 0 Å². The van der Waals surface area contributed by atoms with Gasteiger partial charge in [-0.15, -0.1) is 0 Å². The predicted octanol–water partition coefficient (Wildman–Crippen LogP) is 3.10. The van der Waals surface area contributed by atoms with Gasteiger partial charge in [-0.1, -0.05) is 23.2 Å². The maximum atomic E-state index is 12.2. The molecule has 0 bridgehead atoms. The van der Waals surface area contributed by atoms with Crippen molar-refractivity contribution in [3.8, 4) is 0 Å². The number of carbonyl (C=O) groups excluding carboxylic acids is 1. The van der Waals surface area contributed by atoms with Gasteiger partial charge < -0.3 is 10.2 Å². The van der Waals surface area contributed by atoms with Crippen LogP contribution in [0.25, 0.3) is 0 Å². The second kappa shape index (κ2) is 6.07. The Kier molecular flexibility index (Phi) is 4.42. The van der Waals surface area contributed by atoms with E-state index in [0.717, 1.165) is 0 Å². The zero-order valence-corrected chi connectivity index (χ0v) is 12.4. The van der Waals surface area contributed by atoms with E-state index < -0.39 is 0 Å². The number of hydrogen-bond acceptors (Lipinski definition) is 4. The fourth-order valence-corrected chi connectivity index (χ4v) is 1.97. The third kappa shape index (κ3) is 3.18. The predicted molar refractivity (Wildman–Crippen MR) is 80.8 cm³/mol. The number of pyridine rings is 2. The van der Waals surface area contributed by atoms with Crippen LogP contribution in [-0.4, -0.2) is 30.0 Å². The molecule has 0 saturated carbocycles. The van der Waals surface area contributed by atoms with Gasteiger partial charge in [0.05, 0.1) is 16.3 Å². The summed E-state index contributed by atoms with van der Waals surface area (Å²) in [6.45, 7) is 0. The topological polar surface area (TPSA) is 58.1 Å². The zero-order chi connectivity index (χ0) is 14.7. The number of nitrogens with one attached hydrogen (secondary N) is 1. The first-order valence-electron chi connectivity index (χ1n) is 5.74. The molecule has 2 aromatic rings. The SMILES string of the molecule is CN(C)c1ncccc1NC(=O)c1cc(Cl)ncc1Cl. The van der Waals surface area contributed by atoms with Gasteiger partial charge in [0.1, 0.15) is 5.15 Å². The van der Waals surface area contributed by atoms with Gasteiger partial charge in [0.15, 0.2) is 5.82 Å². The van der Waals surface area contributed by atoms with Crippen LogP contribution in [0.2, 0.25) is 10.2 Å². The van der Waals surface area contributed by atoms with E-state index in [-0.39, 0.29) is 21.6 Å². The minimum atomic E-state index is -0.365. The highest BCUT2D eigenvalue weighted by atomic mass is 35.5. The molecule has 104 valence electrons. The van der Waals surface area contributed by atoms with Gasteiger partial charge in [-0.25, -0.2) is 9.97 Å². The molecule has 0 fully saturated rings. The fourth-order valence-electron chi connectivity index (χ4n) is 1.63. The molecule has 7 heteroatoms. The maximum absolute atomic E-state index is 12.2. The Hall–Kier alpha value is -1.85. The van der Waals surface area contributed by atoms with Crippen molar-refractivity contribution in [1.29, 1.82) is 0 Å². The molecule has 2 aromatic heterocycles. The molecule has 0 spiro atoms. The second-order valence-electron chi connectivity index (χ2n) is 4.21. The van der Waals surface area contributed by atoms with Crippen molar-refractivity contribution in [2.75, 3.05) is 24.3 Å². The lowest BCUT2D eigenvalue weighted by molar-refractivity contribution is 0.102.